The number of hydrogen-bond donors (Lipinski definition) is 1. The van der Waals surface area contributed by atoms with Crippen LogP contribution in [0.1, 0.15) is 23.2 Å². The number of piperidine rings is 1. The standard InChI is InChI=1S/C18H24N2O7S/c1-26-14-2-3-16(15(12-14)17(21)19-8-10-27-11-9-19)28(24,25)20-6-4-13(5-7-20)18(22)23/h2-3,12-13H,4-11H2,1H3,(H,22,23). The lowest BCUT2D eigenvalue weighted by Crippen LogP contribution is -2.43. The molecule has 0 spiro atoms. The van der Waals surface area contributed by atoms with Crippen molar-refractivity contribution in [2.24, 2.45) is 5.92 Å². The van der Waals surface area contributed by atoms with Gasteiger partial charge in [-0.05, 0) is 31.0 Å². The van der Waals surface area contributed by atoms with Crippen LogP contribution in [-0.2, 0) is 19.6 Å². The van der Waals surface area contributed by atoms with Crippen LogP contribution in [0.25, 0.3) is 0 Å². The van der Waals surface area contributed by atoms with Crippen molar-refractivity contribution in [3.63, 3.8) is 0 Å². The molecule has 1 amide bonds. The molecule has 9 nitrogen and oxygen atoms in total. The van der Waals surface area contributed by atoms with Crippen molar-refractivity contribution in [2.75, 3.05) is 46.5 Å². The van der Waals surface area contributed by atoms with Gasteiger partial charge in [0.1, 0.15) is 5.75 Å². The Kier molecular flexibility index (Phi) is 6.21. The van der Waals surface area contributed by atoms with Crippen LogP contribution in [0.3, 0.4) is 0 Å². The summed E-state index contributed by atoms with van der Waals surface area (Å²) < 4.78 is 38.1. The number of carboxylic acid groups (broad SMARTS) is 1. The number of benzene rings is 1. The topological polar surface area (TPSA) is 113 Å². The van der Waals surface area contributed by atoms with Gasteiger partial charge in [0.2, 0.25) is 10.0 Å². The monoisotopic (exact) mass is 412 g/mol. The fraction of sp³-hybridized carbons (Fsp3) is 0.556. The Morgan fingerprint density at radius 1 is 1.14 bits per heavy atom. The highest BCUT2D eigenvalue weighted by molar-refractivity contribution is 7.89. The van der Waals surface area contributed by atoms with E-state index in [-0.39, 0.29) is 42.3 Å². The molecule has 0 saturated carbocycles. The minimum Gasteiger partial charge on any atom is -0.497 e. The number of nitrogens with zero attached hydrogens (tertiary/aromatic N) is 2. The highest BCUT2D eigenvalue weighted by atomic mass is 32.2. The highest BCUT2D eigenvalue weighted by Gasteiger charge is 2.35. The molecule has 10 heteroatoms. The zero-order valence-corrected chi connectivity index (χ0v) is 16.5. The van der Waals surface area contributed by atoms with Gasteiger partial charge < -0.3 is 19.5 Å². The largest absolute Gasteiger partial charge is 0.497 e. The first-order valence-electron chi connectivity index (χ1n) is 9.12. The maximum absolute atomic E-state index is 13.2. The molecule has 1 aromatic rings. The maximum Gasteiger partial charge on any atom is 0.306 e. The number of morpholine rings is 1. The summed E-state index contributed by atoms with van der Waals surface area (Å²) in [4.78, 5) is 25.6. The summed E-state index contributed by atoms with van der Waals surface area (Å²) in [6.45, 7) is 1.80. The molecule has 0 bridgehead atoms. The first-order valence-corrected chi connectivity index (χ1v) is 10.6. The third-order valence-electron chi connectivity index (χ3n) is 5.14. The van der Waals surface area contributed by atoms with E-state index in [0.29, 0.717) is 32.1 Å². The molecule has 2 aliphatic heterocycles. The molecule has 1 aromatic carbocycles. The Balaban J connectivity index is 1.92. The van der Waals surface area contributed by atoms with Crippen molar-refractivity contribution in [3.05, 3.63) is 23.8 Å². The average Bonchev–Trinajstić information content (AvgIpc) is 2.73. The fourth-order valence-electron chi connectivity index (χ4n) is 3.45. The molecular weight excluding hydrogens is 388 g/mol. The van der Waals surface area contributed by atoms with Gasteiger partial charge in [-0.1, -0.05) is 0 Å². The van der Waals surface area contributed by atoms with Crippen LogP contribution >= 0.6 is 0 Å². The maximum atomic E-state index is 13.2. The number of carbonyl (C=O) groups excluding carboxylic acids is 1. The number of hydrogen-bond acceptors (Lipinski definition) is 6. The quantitative estimate of drug-likeness (QED) is 0.755. The lowest BCUT2D eigenvalue weighted by Gasteiger charge is -2.31. The van der Waals surface area contributed by atoms with Crippen LogP contribution < -0.4 is 4.74 Å². The van der Waals surface area contributed by atoms with Gasteiger partial charge in [0, 0.05) is 26.2 Å². The van der Waals surface area contributed by atoms with E-state index in [0.717, 1.165) is 0 Å². The summed E-state index contributed by atoms with van der Waals surface area (Å²) in [7, 11) is -2.50. The number of methoxy groups -OCH3 is 1. The lowest BCUT2D eigenvalue weighted by molar-refractivity contribution is -0.142. The van der Waals surface area contributed by atoms with Crippen LogP contribution in [0.5, 0.6) is 5.75 Å². The number of carboxylic acids is 1. The Labute approximate surface area is 163 Å². The zero-order chi connectivity index (χ0) is 20.3. The van der Waals surface area contributed by atoms with Crippen molar-refractivity contribution in [3.8, 4) is 5.75 Å². The van der Waals surface area contributed by atoms with E-state index in [9.17, 15) is 18.0 Å². The molecule has 0 aromatic heterocycles. The Morgan fingerprint density at radius 2 is 1.79 bits per heavy atom. The van der Waals surface area contributed by atoms with E-state index in [2.05, 4.69) is 0 Å². The van der Waals surface area contributed by atoms with Crippen LogP contribution in [0, 0.1) is 5.92 Å². The van der Waals surface area contributed by atoms with Crippen LogP contribution in [0.15, 0.2) is 23.1 Å². The van der Waals surface area contributed by atoms with Gasteiger partial charge in [-0.3, -0.25) is 9.59 Å². The van der Waals surface area contributed by atoms with Gasteiger partial charge in [0.05, 0.1) is 36.7 Å². The van der Waals surface area contributed by atoms with Crippen LogP contribution in [0.2, 0.25) is 0 Å². The molecule has 1 N–H and O–H groups in total. The van der Waals surface area contributed by atoms with Gasteiger partial charge >= 0.3 is 5.97 Å². The summed E-state index contributed by atoms with van der Waals surface area (Å²) in [5, 5.41) is 9.12. The van der Waals surface area contributed by atoms with Gasteiger partial charge in [0.25, 0.3) is 5.91 Å². The third kappa shape index (κ3) is 4.13. The second kappa shape index (κ2) is 8.46. The van der Waals surface area contributed by atoms with E-state index >= 15 is 0 Å². The summed E-state index contributed by atoms with van der Waals surface area (Å²) in [5.74, 6) is -1.46. The van der Waals surface area contributed by atoms with Crippen molar-refractivity contribution in [1.82, 2.24) is 9.21 Å². The van der Waals surface area contributed by atoms with Gasteiger partial charge in [-0.2, -0.15) is 4.31 Å². The summed E-state index contributed by atoms with van der Waals surface area (Å²) in [6.07, 6.45) is 0.495. The van der Waals surface area contributed by atoms with Crippen LogP contribution in [0.4, 0.5) is 0 Å². The summed E-state index contributed by atoms with van der Waals surface area (Å²) in [5.41, 5.74) is 0.0570. The van der Waals surface area contributed by atoms with E-state index in [1.807, 2.05) is 0 Å². The van der Waals surface area contributed by atoms with Crippen molar-refractivity contribution in [1.29, 1.82) is 0 Å². The number of aliphatic carboxylic acids is 1. The van der Waals surface area contributed by atoms with E-state index in [1.165, 1.54) is 29.6 Å². The Hall–Kier alpha value is -2.17. The lowest BCUT2D eigenvalue weighted by atomic mass is 9.99. The molecule has 3 rings (SSSR count). The number of sulfonamides is 1. The third-order valence-corrected chi connectivity index (χ3v) is 7.09. The van der Waals surface area contributed by atoms with Gasteiger partial charge in [-0.25, -0.2) is 8.42 Å². The van der Waals surface area contributed by atoms with Gasteiger partial charge in [-0.15, -0.1) is 0 Å². The molecular formula is C18H24N2O7S. The molecule has 0 atom stereocenters. The van der Waals surface area contributed by atoms with E-state index in [4.69, 9.17) is 14.6 Å². The molecule has 28 heavy (non-hydrogen) atoms. The highest BCUT2D eigenvalue weighted by Crippen LogP contribution is 2.29. The zero-order valence-electron chi connectivity index (χ0n) is 15.7. The van der Waals surface area contributed by atoms with E-state index in [1.54, 1.807) is 4.90 Å². The number of rotatable bonds is 5. The molecule has 2 saturated heterocycles. The molecule has 154 valence electrons. The average molecular weight is 412 g/mol. The summed E-state index contributed by atoms with van der Waals surface area (Å²) in [6, 6.07) is 4.33. The minimum absolute atomic E-state index is 0.0570. The normalized spacial score (nSPS) is 19.4. The smallest absolute Gasteiger partial charge is 0.306 e. The molecule has 2 aliphatic rings. The number of ether oxygens (including phenoxy) is 2. The molecule has 2 heterocycles. The first kappa shape index (κ1) is 20.6. The molecule has 0 aliphatic carbocycles. The predicted octanol–water partition coefficient (Wildman–Crippen LogP) is 0.653. The van der Waals surface area contributed by atoms with Gasteiger partial charge in [0.15, 0.2) is 0 Å². The first-order chi connectivity index (χ1) is 13.3. The van der Waals surface area contributed by atoms with Crippen molar-refractivity contribution < 1.29 is 32.6 Å². The second-order valence-corrected chi connectivity index (χ2v) is 8.69. The summed E-state index contributed by atoms with van der Waals surface area (Å²) >= 11 is 0. The number of amides is 1. The Bertz CT molecular complexity index is 841. The minimum atomic E-state index is -3.94. The molecule has 2 fully saturated rings. The van der Waals surface area contributed by atoms with Crippen molar-refractivity contribution in [2.45, 2.75) is 17.7 Å². The second-order valence-electron chi connectivity index (χ2n) is 6.78. The van der Waals surface area contributed by atoms with Crippen LogP contribution in [-0.4, -0.2) is 81.1 Å². The fourth-order valence-corrected chi connectivity index (χ4v) is 5.08. The van der Waals surface area contributed by atoms with Crippen molar-refractivity contribution >= 4 is 21.9 Å². The Morgan fingerprint density at radius 3 is 2.36 bits per heavy atom. The molecule has 0 radical (unpaired) electrons. The predicted molar refractivity (Wildman–Crippen MR) is 98.8 cm³/mol. The molecule has 0 unspecified atom stereocenters. The number of carbonyl (C=O) groups is 2. The van der Waals surface area contributed by atoms with E-state index < -0.39 is 21.9 Å². The SMILES string of the molecule is COc1ccc(S(=O)(=O)N2CCC(C(=O)O)CC2)c(C(=O)N2CCOCC2)c1.